The Morgan fingerprint density at radius 1 is 0.920 bits per heavy atom. The number of rotatable bonds is 3. The Morgan fingerprint density at radius 2 is 1.56 bits per heavy atom. The van der Waals surface area contributed by atoms with E-state index in [0.717, 1.165) is 16.7 Å². The fraction of sp³-hybridized carbons (Fsp3) is 0.174. The van der Waals surface area contributed by atoms with E-state index in [0.29, 0.717) is 6.42 Å². The van der Waals surface area contributed by atoms with E-state index in [4.69, 9.17) is 0 Å². The van der Waals surface area contributed by atoms with E-state index >= 15 is 0 Å². The minimum absolute atomic E-state index is 0.130. The Labute approximate surface area is 152 Å². The van der Waals surface area contributed by atoms with E-state index in [-0.39, 0.29) is 11.7 Å². The summed E-state index contributed by atoms with van der Waals surface area (Å²) in [5.74, 6) is 0.388. The molecule has 2 aromatic carbocycles. The molecule has 1 heterocycles. The van der Waals surface area contributed by atoms with E-state index in [1.165, 1.54) is 20.9 Å². The molecule has 2 heteroatoms. The highest BCUT2D eigenvalue weighted by Crippen LogP contribution is 2.48. The molecule has 1 aromatic heterocycles. The molecule has 25 heavy (non-hydrogen) atoms. The van der Waals surface area contributed by atoms with Gasteiger partial charge in [0.05, 0.1) is 0 Å². The fourth-order valence-electron chi connectivity index (χ4n) is 3.82. The highest BCUT2D eigenvalue weighted by molar-refractivity contribution is 7.12. The largest absolute Gasteiger partial charge is 0.294 e. The second kappa shape index (κ2) is 6.45. The number of hydrogen-bond acceptors (Lipinski definition) is 2. The predicted octanol–water partition coefficient (Wildman–Crippen LogP) is 6.03. The smallest absolute Gasteiger partial charge is 0.164 e. The van der Waals surface area contributed by atoms with Crippen LogP contribution in [0.5, 0.6) is 0 Å². The van der Waals surface area contributed by atoms with Gasteiger partial charge in [0, 0.05) is 27.7 Å². The van der Waals surface area contributed by atoms with Gasteiger partial charge in [-0.3, -0.25) is 4.79 Å². The quantitative estimate of drug-likeness (QED) is 0.567. The van der Waals surface area contributed by atoms with Crippen molar-refractivity contribution in [3.05, 3.63) is 93.2 Å². The predicted molar refractivity (Wildman–Crippen MR) is 106 cm³/mol. The lowest BCUT2D eigenvalue weighted by Gasteiger charge is -2.16. The molecule has 4 rings (SSSR count). The average Bonchev–Trinajstić information content (AvgIpc) is 3.14. The maximum atomic E-state index is 13.1. The van der Waals surface area contributed by atoms with Crippen LogP contribution in [0.3, 0.4) is 0 Å². The Kier molecular flexibility index (Phi) is 4.14. The molecular formula is C23H20OS. The van der Waals surface area contributed by atoms with Crippen molar-refractivity contribution in [3.8, 4) is 0 Å². The van der Waals surface area contributed by atoms with E-state index in [9.17, 15) is 4.79 Å². The Morgan fingerprint density at radius 3 is 2.16 bits per heavy atom. The molecule has 0 saturated carbocycles. The van der Waals surface area contributed by atoms with E-state index in [1.54, 1.807) is 11.3 Å². The first-order chi connectivity index (χ1) is 12.1. The third kappa shape index (κ3) is 2.87. The summed E-state index contributed by atoms with van der Waals surface area (Å²) < 4.78 is 0. The summed E-state index contributed by atoms with van der Waals surface area (Å²) in [4.78, 5) is 15.5. The second-order valence-electron chi connectivity index (χ2n) is 6.57. The van der Waals surface area contributed by atoms with E-state index < -0.39 is 0 Å². The molecule has 1 aliphatic rings. The average molecular weight is 344 g/mol. The summed E-state index contributed by atoms with van der Waals surface area (Å²) in [6.45, 7) is 4.23. The first kappa shape index (κ1) is 16.0. The van der Waals surface area contributed by atoms with Crippen molar-refractivity contribution in [1.29, 1.82) is 0 Å². The number of benzene rings is 2. The van der Waals surface area contributed by atoms with Gasteiger partial charge in [-0.05, 0) is 42.2 Å². The van der Waals surface area contributed by atoms with Crippen LogP contribution in [0.1, 0.15) is 38.8 Å². The molecule has 0 N–H and O–H groups in total. The molecule has 1 atom stereocenters. The molecule has 1 unspecified atom stereocenters. The summed E-state index contributed by atoms with van der Waals surface area (Å²) in [5, 5.41) is 0. The van der Waals surface area contributed by atoms with Crippen molar-refractivity contribution in [2.75, 3.05) is 0 Å². The first-order valence-corrected chi connectivity index (χ1v) is 9.42. The zero-order valence-corrected chi connectivity index (χ0v) is 15.3. The summed E-state index contributed by atoms with van der Waals surface area (Å²) in [7, 11) is 0. The maximum Gasteiger partial charge on any atom is 0.164 e. The highest BCUT2D eigenvalue weighted by Gasteiger charge is 2.35. The first-order valence-electron chi connectivity index (χ1n) is 8.60. The van der Waals surface area contributed by atoms with Crippen molar-refractivity contribution in [1.82, 2.24) is 0 Å². The third-order valence-electron chi connectivity index (χ3n) is 4.88. The molecule has 3 aromatic rings. The lowest BCUT2D eigenvalue weighted by Crippen LogP contribution is -1.99. The zero-order valence-electron chi connectivity index (χ0n) is 14.5. The van der Waals surface area contributed by atoms with Crippen LogP contribution in [0.15, 0.2) is 66.7 Å². The molecule has 0 aliphatic heterocycles. The minimum atomic E-state index is 0.130. The van der Waals surface area contributed by atoms with Crippen LogP contribution >= 0.6 is 11.3 Å². The number of carbonyl (C=O) groups excluding carboxylic acids is 1. The van der Waals surface area contributed by atoms with Gasteiger partial charge >= 0.3 is 0 Å². The zero-order chi connectivity index (χ0) is 17.4. The van der Waals surface area contributed by atoms with Crippen molar-refractivity contribution >= 4 is 28.3 Å². The Bertz CT molecular complexity index is 948. The van der Waals surface area contributed by atoms with E-state index in [2.05, 4.69) is 68.4 Å². The molecule has 0 saturated heterocycles. The minimum Gasteiger partial charge on any atom is -0.294 e. The van der Waals surface area contributed by atoms with Crippen LogP contribution in [0.4, 0.5) is 0 Å². The van der Waals surface area contributed by atoms with Gasteiger partial charge < -0.3 is 0 Å². The van der Waals surface area contributed by atoms with Crippen LogP contribution < -0.4 is 0 Å². The van der Waals surface area contributed by atoms with Crippen LogP contribution in [0, 0.1) is 13.8 Å². The summed E-state index contributed by atoms with van der Waals surface area (Å²) in [6, 6.07) is 23.0. The fourth-order valence-corrected chi connectivity index (χ4v) is 4.75. The number of Topliss-reactive ketones (excluding diaryl/α,β-unsaturated/α-hetero) is 1. The van der Waals surface area contributed by atoms with Gasteiger partial charge in [-0.1, -0.05) is 60.7 Å². The SMILES string of the molecule is Cc1cc(C2=C(c3ccccc3)C(c3ccccc3)CC2=O)c(C)s1. The molecule has 124 valence electrons. The third-order valence-corrected chi connectivity index (χ3v) is 5.85. The Hall–Kier alpha value is -2.45. The molecule has 0 bridgehead atoms. The van der Waals surface area contributed by atoms with Crippen molar-refractivity contribution in [3.63, 3.8) is 0 Å². The molecule has 1 aliphatic carbocycles. The lowest BCUT2D eigenvalue weighted by molar-refractivity contribution is -0.113. The Balaban J connectivity index is 1.97. The van der Waals surface area contributed by atoms with Gasteiger partial charge in [0.15, 0.2) is 5.78 Å². The summed E-state index contributed by atoms with van der Waals surface area (Å²) in [6.07, 6.45) is 0.553. The van der Waals surface area contributed by atoms with Crippen molar-refractivity contribution < 1.29 is 4.79 Å². The van der Waals surface area contributed by atoms with Gasteiger partial charge in [0.1, 0.15) is 0 Å². The summed E-state index contributed by atoms with van der Waals surface area (Å²) >= 11 is 1.77. The van der Waals surface area contributed by atoms with Gasteiger partial charge in [0.25, 0.3) is 0 Å². The van der Waals surface area contributed by atoms with Gasteiger partial charge in [-0.2, -0.15) is 0 Å². The normalized spacial score (nSPS) is 17.4. The number of ketones is 1. The molecule has 0 amide bonds. The number of carbonyl (C=O) groups is 1. The second-order valence-corrected chi connectivity index (χ2v) is 8.03. The lowest BCUT2D eigenvalue weighted by atomic mass is 9.87. The van der Waals surface area contributed by atoms with Crippen LogP contribution in [-0.2, 0) is 4.79 Å². The van der Waals surface area contributed by atoms with Crippen molar-refractivity contribution in [2.45, 2.75) is 26.2 Å². The van der Waals surface area contributed by atoms with Gasteiger partial charge in [0.2, 0.25) is 0 Å². The molecule has 0 radical (unpaired) electrons. The van der Waals surface area contributed by atoms with Gasteiger partial charge in [-0.15, -0.1) is 11.3 Å². The van der Waals surface area contributed by atoms with Gasteiger partial charge in [-0.25, -0.2) is 0 Å². The number of thiophene rings is 1. The highest BCUT2D eigenvalue weighted by atomic mass is 32.1. The molecule has 0 spiro atoms. The van der Waals surface area contributed by atoms with Crippen molar-refractivity contribution in [2.24, 2.45) is 0 Å². The molecule has 0 fully saturated rings. The number of aryl methyl sites for hydroxylation is 2. The molecular weight excluding hydrogens is 324 g/mol. The topological polar surface area (TPSA) is 17.1 Å². The maximum absolute atomic E-state index is 13.1. The van der Waals surface area contributed by atoms with Crippen LogP contribution in [0.25, 0.3) is 11.1 Å². The number of hydrogen-bond donors (Lipinski definition) is 0. The number of allylic oxidation sites excluding steroid dienone is 2. The van der Waals surface area contributed by atoms with Crippen LogP contribution in [0.2, 0.25) is 0 Å². The van der Waals surface area contributed by atoms with E-state index in [1.807, 2.05) is 12.1 Å². The molecule has 1 nitrogen and oxygen atoms in total. The van der Waals surface area contributed by atoms with Crippen LogP contribution in [-0.4, -0.2) is 5.78 Å². The monoisotopic (exact) mass is 344 g/mol. The summed E-state index contributed by atoms with van der Waals surface area (Å²) in [5.41, 5.74) is 5.58. The standard InChI is InChI=1S/C23H20OS/c1-15-13-19(16(2)25-15)23-21(24)14-20(17-9-5-3-6-10-17)22(23)18-11-7-4-8-12-18/h3-13,20H,14H2,1-2H3.